The van der Waals surface area contributed by atoms with Gasteiger partial charge < -0.3 is 29.1 Å². The molecule has 2 aromatic heterocycles. The molecule has 12 nitrogen and oxygen atoms in total. The van der Waals surface area contributed by atoms with E-state index in [0.29, 0.717) is 0 Å². The fourth-order valence-electron chi connectivity index (χ4n) is 3.02. The van der Waals surface area contributed by atoms with E-state index in [1.54, 1.807) is 13.8 Å². The quantitative estimate of drug-likeness (QED) is 0.569. The minimum atomic E-state index is -4.55. The molecular weight excluding hydrogens is 405 g/mol. The van der Waals surface area contributed by atoms with Gasteiger partial charge in [-0.25, -0.2) is 4.98 Å². The molecular formula is C16H25N5O7P-. The van der Waals surface area contributed by atoms with Gasteiger partial charge in [0.25, 0.3) is 13.4 Å². The van der Waals surface area contributed by atoms with E-state index < -0.39 is 37.9 Å². The second-order valence-corrected chi connectivity index (χ2v) is 8.58. The summed E-state index contributed by atoms with van der Waals surface area (Å²) in [7, 11) is -4.55. The van der Waals surface area contributed by atoms with Gasteiger partial charge in [0.05, 0.1) is 31.2 Å². The molecule has 1 aliphatic rings. The number of hydrogen-bond donors (Lipinski definition) is 2. The minimum Gasteiger partial charge on any atom is -0.756 e. The van der Waals surface area contributed by atoms with Crippen LogP contribution in [0.1, 0.15) is 40.3 Å². The molecule has 1 saturated heterocycles. The predicted octanol–water partition coefficient (Wildman–Crippen LogP) is 0.693. The fourth-order valence-corrected chi connectivity index (χ4v) is 4.14. The van der Waals surface area contributed by atoms with E-state index in [-0.39, 0.29) is 36.2 Å². The summed E-state index contributed by atoms with van der Waals surface area (Å²) < 4.78 is 35.4. The number of rotatable bonds is 8. The summed E-state index contributed by atoms with van der Waals surface area (Å²) in [6, 6.07) is 0. The lowest BCUT2D eigenvalue weighted by atomic mass is 10.2. The first kappa shape index (κ1) is 21.9. The Balaban J connectivity index is 1.86. The van der Waals surface area contributed by atoms with Crippen molar-refractivity contribution in [2.24, 2.45) is 0 Å². The topological polar surface area (TPSA) is 167 Å². The van der Waals surface area contributed by atoms with Crippen molar-refractivity contribution >= 4 is 24.9 Å². The van der Waals surface area contributed by atoms with Crippen molar-refractivity contribution in [1.82, 2.24) is 19.5 Å². The Hall–Kier alpha value is -1.82. The van der Waals surface area contributed by atoms with Crippen LogP contribution in [0.2, 0.25) is 0 Å². The number of hydrogen-bond acceptors (Lipinski definition) is 10. The maximum atomic E-state index is 12.2. The van der Waals surface area contributed by atoms with Crippen LogP contribution >= 0.6 is 7.82 Å². The summed E-state index contributed by atoms with van der Waals surface area (Å²) in [5, 5.41) is 0. The summed E-state index contributed by atoms with van der Waals surface area (Å²) in [5.74, 6) is -0.0656. The molecule has 4 atom stereocenters. The number of phosphoric ester groups is 1. The number of phosphoric acid groups is 1. The van der Waals surface area contributed by atoms with E-state index in [1.807, 2.05) is 13.8 Å². The first-order valence-electron chi connectivity index (χ1n) is 9.23. The third-order valence-electron chi connectivity index (χ3n) is 4.14. The van der Waals surface area contributed by atoms with Crippen LogP contribution in [0, 0.1) is 0 Å². The lowest BCUT2D eigenvalue weighted by molar-refractivity contribution is -0.234. The van der Waals surface area contributed by atoms with E-state index in [4.69, 9.17) is 24.3 Å². The molecule has 1 aliphatic heterocycles. The van der Waals surface area contributed by atoms with Crippen LogP contribution in [0.25, 0.3) is 11.2 Å². The van der Waals surface area contributed by atoms with Crippen molar-refractivity contribution in [3.8, 4) is 0 Å². The Labute approximate surface area is 166 Å². The Bertz CT molecular complexity index is 959. The first-order valence-corrected chi connectivity index (χ1v) is 10.7. The Morgan fingerprint density at radius 3 is 2.79 bits per heavy atom. The number of ether oxygens (including phenoxy) is 2. The van der Waals surface area contributed by atoms with E-state index >= 15 is 0 Å². The van der Waals surface area contributed by atoms with Crippen molar-refractivity contribution in [2.75, 3.05) is 12.3 Å². The highest BCUT2D eigenvalue weighted by Gasteiger charge is 2.40. The minimum absolute atomic E-state index is 0.0656. The molecule has 0 spiro atoms. The monoisotopic (exact) mass is 430 g/mol. The number of nitrogens with two attached hydrogens (primary N) is 1. The average Bonchev–Trinajstić information content (AvgIpc) is 3.15. The van der Waals surface area contributed by atoms with Gasteiger partial charge in [0.2, 0.25) is 5.95 Å². The molecule has 0 aliphatic carbocycles. The molecule has 0 aromatic carbocycles. The number of aromatic amines is 1. The van der Waals surface area contributed by atoms with Gasteiger partial charge in [-0.1, -0.05) is 0 Å². The highest BCUT2D eigenvalue weighted by molar-refractivity contribution is 7.45. The van der Waals surface area contributed by atoms with Gasteiger partial charge in [0.1, 0.15) is 12.3 Å². The summed E-state index contributed by atoms with van der Waals surface area (Å²) in [5.41, 5.74) is 5.47. The zero-order valence-electron chi connectivity index (χ0n) is 16.6. The molecule has 162 valence electrons. The Kier molecular flexibility index (Phi) is 6.42. The van der Waals surface area contributed by atoms with Crippen LogP contribution in [0.5, 0.6) is 0 Å². The molecule has 3 heterocycles. The van der Waals surface area contributed by atoms with Crippen LogP contribution in [0.4, 0.5) is 5.95 Å². The molecule has 29 heavy (non-hydrogen) atoms. The first-order chi connectivity index (χ1) is 13.6. The zero-order valence-corrected chi connectivity index (χ0v) is 17.5. The summed E-state index contributed by atoms with van der Waals surface area (Å²) in [4.78, 5) is 34.7. The smallest absolute Gasteiger partial charge is 0.280 e. The SMILES string of the molecule is CC(C)OC[C@H]1O[C@@H](n2cnc3c(=O)[nH]c(N)nc32)C[C@H]1OP(=O)([O-])OC(C)C. The molecule has 2 aromatic rings. The normalized spacial score (nSPS) is 24.6. The number of nitrogens with zero attached hydrogens (tertiary/aromatic N) is 3. The van der Waals surface area contributed by atoms with Gasteiger partial charge in [-0.15, -0.1) is 0 Å². The second-order valence-electron chi connectivity index (χ2n) is 7.27. The molecule has 3 rings (SSSR count). The highest BCUT2D eigenvalue weighted by atomic mass is 31.2. The maximum absolute atomic E-state index is 12.2. The van der Waals surface area contributed by atoms with E-state index in [0.717, 1.165) is 0 Å². The summed E-state index contributed by atoms with van der Waals surface area (Å²) in [6.07, 6.45) is -1.31. The third-order valence-corrected chi connectivity index (χ3v) is 5.35. The van der Waals surface area contributed by atoms with E-state index in [9.17, 15) is 14.3 Å². The molecule has 13 heteroatoms. The predicted molar refractivity (Wildman–Crippen MR) is 101 cm³/mol. The maximum Gasteiger partial charge on any atom is 0.280 e. The van der Waals surface area contributed by atoms with Crippen LogP contribution in [0.15, 0.2) is 11.1 Å². The largest absolute Gasteiger partial charge is 0.756 e. The number of fused-ring (bicyclic) bond motifs is 1. The molecule has 0 radical (unpaired) electrons. The van der Waals surface area contributed by atoms with Crippen molar-refractivity contribution < 1.29 is 28.0 Å². The highest BCUT2D eigenvalue weighted by Crippen LogP contribution is 2.46. The Morgan fingerprint density at radius 2 is 2.14 bits per heavy atom. The van der Waals surface area contributed by atoms with Gasteiger partial charge in [0, 0.05) is 6.42 Å². The molecule has 0 bridgehead atoms. The van der Waals surface area contributed by atoms with Gasteiger partial charge in [-0.3, -0.25) is 18.9 Å². The second kappa shape index (κ2) is 8.50. The lowest BCUT2D eigenvalue weighted by Gasteiger charge is -2.29. The fraction of sp³-hybridized carbons (Fsp3) is 0.688. The number of imidazole rings is 1. The molecule has 3 N–H and O–H groups in total. The van der Waals surface area contributed by atoms with Crippen molar-refractivity contribution in [1.29, 1.82) is 0 Å². The lowest BCUT2D eigenvalue weighted by Crippen LogP contribution is -2.31. The number of H-pyrrole nitrogens is 1. The van der Waals surface area contributed by atoms with E-state index in [1.165, 1.54) is 10.9 Å². The number of nitrogen functional groups attached to an aromatic ring is 1. The zero-order chi connectivity index (χ0) is 21.3. The van der Waals surface area contributed by atoms with Crippen LogP contribution in [-0.2, 0) is 23.1 Å². The van der Waals surface area contributed by atoms with Gasteiger partial charge in [0.15, 0.2) is 11.2 Å². The Morgan fingerprint density at radius 1 is 1.41 bits per heavy atom. The van der Waals surface area contributed by atoms with Gasteiger partial charge in [-0.2, -0.15) is 4.98 Å². The third kappa shape index (κ3) is 5.21. The van der Waals surface area contributed by atoms with Crippen molar-refractivity contribution in [3.05, 3.63) is 16.7 Å². The molecule has 1 unspecified atom stereocenters. The van der Waals surface area contributed by atoms with Gasteiger partial charge >= 0.3 is 0 Å². The molecule has 1 fully saturated rings. The van der Waals surface area contributed by atoms with Crippen LogP contribution in [-0.4, -0.2) is 50.5 Å². The number of nitrogens with one attached hydrogen (secondary N) is 1. The standard InChI is InChI=1S/C16H26N5O7P/c1-8(2)25-6-11-10(28-29(23,24)27-9(3)4)5-12(26-11)21-7-18-13-14(21)19-16(17)20-15(13)22/h7-12H,5-6H2,1-4H3,(H,23,24)(H3,17,19,20,22)/p-1/t10-,11-,12-/m1/s1. The van der Waals surface area contributed by atoms with Gasteiger partial charge in [-0.05, 0) is 27.7 Å². The van der Waals surface area contributed by atoms with E-state index in [2.05, 4.69) is 15.0 Å². The number of anilines is 1. The van der Waals surface area contributed by atoms with Crippen LogP contribution in [0.3, 0.4) is 0 Å². The van der Waals surface area contributed by atoms with Crippen LogP contribution < -0.4 is 16.2 Å². The van der Waals surface area contributed by atoms with Crippen molar-refractivity contribution in [2.45, 2.75) is 64.8 Å². The van der Waals surface area contributed by atoms with Crippen molar-refractivity contribution in [3.63, 3.8) is 0 Å². The number of aromatic nitrogens is 4. The summed E-state index contributed by atoms with van der Waals surface area (Å²) >= 11 is 0. The molecule has 0 saturated carbocycles. The average molecular weight is 430 g/mol. The molecule has 0 amide bonds. The summed E-state index contributed by atoms with van der Waals surface area (Å²) in [6.45, 7) is 7.00.